The first-order chi connectivity index (χ1) is 7.73. The third-order valence-corrected chi connectivity index (χ3v) is 3.56. The van der Waals surface area contributed by atoms with Crippen LogP contribution in [0.15, 0.2) is 22.6 Å². The Morgan fingerprint density at radius 1 is 1.24 bits per heavy atom. The van der Waals surface area contributed by atoms with Crippen molar-refractivity contribution >= 4 is 16.7 Å². The lowest BCUT2D eigenvalue weighted by molar-refractivity contribution is 0.579. The van der Waals surface area contributed by atoms with Gasteiger partial charge in [-0.3, -0.25) is 0 Å². The molecule has 0 aliphatic rings. The second kappa shape index (κ2) is 5.04. The maximum Gasteiger partial charge on any atom is 0.145 e. The molecule has 1 aromatic rings. The van der Waals surface area contributed by atoms with Gasteiger partial charge >= 0.3 is 0 Å². The summed E-state index contributed by atoms with van der Waals surface area (Å²) in [7, 11) is -1.53. The Hall–Kier alpha value is -1.10. The maximum absolute atomic E-state index is 13.4. The average Bonchev–Trinajstić information content (AvgIpc) is 2.15. The van der Waals surface area contributed by atoms with Crippen molar-refractivity contribution in [3.63, 3.8) is 0 Å². The van der Waals surface area contributed by atoms with E-state index in [9.17, 15) is 13.0 Å². The van der Waals surface area contributed by atoms with E-state index in [1.807, 2.05) is 0 Å². The highest BCUT2D eigenvalue weighted by Crippen LogP contribution is 2.17. The highest BCUT2D eigenvalue weighted by atomic mass is 32.2. The molecule has 0 aliphatic carbocycles. The van der Waals surface area contributed by atoms with E-state index in [1.165, 1.54) is 13.0 Å². The summed E-state index contributed by atoms with van der Waals surface area (Å²) in [5.41, 5.74) is -0.112. The Morgan fingerprint density at radius 3 is 2.12 bits per heavy atom. The van der Waals surface area contributed by atoms with E-state index in [2.05, 4.69) is 4.40 Å². The largest absolute Gasteiger partial charge is 0.234 e. The van der Waals surface area contributed by atoms with Gasteiger partial charge in [0.05, 0.1) is 16.0 Å². The van der Waals surface area contributed by atoms with Gasteiger partial charge in [0.25, 0.3) is 0 Å². The summed E-state index contributed by atoms with van der Waals surface area (Å²) in [6, 6.07) is 3.58. The molecular weight excluding hydrogens is 244 g/mol. The maximum atomic E-state index is 13.4. The van der Waals surface area contributed by atoms with Crippen LogP contribution in [-0.4, -0.2) is 14.7 Å². The summed E-state index contributed by atoms with van der Waals surface area (Å²) in [5, 5.41) is 0. The lowest BCUT2D eigenvalue weighted by Crippen LogP contribution is -2.21. The molecule has 0 unspecified atom stereocenters. The fraction of sp³-hybridized carbons (Fsp3) is 0.417. The van der Waals surface area contributed by atoms with Gasteiger partial charge in [-0.15, -0.1) is 0 Å². The van der Waals surface area contributed by atoms with Gasteiger partial charge in [-0.05, 0) is 39.8 Å². The van der Waals surface area contributed by atoms with Crippen LogP contribution in [0, 0.1) is 11.6 Å². The molecule has 0 amide bonds. The third kappa shape index (κ3) is 3.43. The molecule has 0 bridgehead atoms. The van der Waals surface area contributed by atoms with Crippen LogP contribution in [0.3, 0.4) is 0 Å². The Kier molecular flexibility index (Phi) is 4.14. The molecule has 0 radical (unpaired) electrons. The number of hydrogen-bond acceptors (Lipinski definition) is 1. The summed E-state index contributed by atoms with van der Waals surface area (Å²) in [6.45, 7) is 6.69. The van der Waals surface area contributed by atoms with Crippen molar-refractivity contribution < 1.29 is 13.0 Å². The molecule has 0 N–H and O–H groups in total. The van der Waals surface area contributed by atoms with E-state index in [4.69, 9.17) is 0 Å². The average molecular weight is 259 g/mol. The van der Waals surface area contributed by atoms with Crippen LogP contribution in [0.25, 0.3) is 0 Å². The molecule has 1 atom stereocenters. The van der Waals surface area contributed by atoms with Crippen molar-refractivity contribution in [3.05, 3.63) is 35.4 Å². The van der Waals surface area contributed by atoms with E-state index in [-0.39, 0.29) is 11.3 Å². The third-order valence-electron chi connectivity index (χ3n) is 2.07. The van der Waals surface area contributed by atoms with E-state index >= 15 is 0 Å². The minimum absolute atomic E-state index is 0.105. The molecule has 1 rings (SSSR count). The lowest BCUT2D eigenvalue weighted by Gasteiger charge is -2.14. The lowest BCUT2D eigenvalue weighted by atomic mass is 10.1. The standard InChI is InChI=1S/C12H15F2NOS/c1-8(15-17(16)12(2,3)4)11-9(13)6-5-7-10(11)14/h5-7H,1-4H3/t17-/m1/s1. The Morgan fingerprint density at radius 2 is 1.71 bits per heavy atom. The molecule has 1 aromatic carbocycles. The van der Waals surface area contributed by atoms with Gasteiger partial charge in [0.2, 0.25) is 0 Å². The Balaban J connectivity index is 3.18. The van der Waals surface area contributed by atoms with Crippen molar-refractivity contribution in [2.24, 2.45) is 4.40 Å². The molecule has 0 saturated heterocycles. The first-order valence-corrected chi connectivity index (χ1v) is 6.26. The minimum atomic E-state index is -1.53. The Bertz CT molecular complexity index is 458. The van der Waals surface area contributed by atoms with Crippen LogP contribution < -0.4 is 0 Å². The molecule has 0 heterocycles. The van der Waals surface area contributed by atoms with E-state index < -0.39 is 27.4 Å². The smallest absolute Gasteiger partial charge is 0.145 e. The molecule has 0 aromatic heterocycles. The molecule has 0 aliphatic heterocycles. The van der Waals surface area contributed by atoms with Crippen molar-refractivity contribution in [1.29, 1.82) is 0 Å². The van der Waals surface area contributed by atoms with Gasteiger partial charge in [0, 0.05) is 0 Å². The fourth-order valence-electron chi connectivity index (χ4n) is 1.15. The number of benzene rings is 1. The van der Waals surface area contributed by atoms with Crippen molar-refractivity contribution in [2.75, 3.05) is 0 Å². The topological polar surface area (TPSA) is 29.4 Å². The van der Waals surface area contributed by atoms with Gasteiger partial charge in [-0.25, -0.2) is 13.0 Å². The SMILES string of the molecule is CC(=N[S@](=O)C(C)(C)C)c1c(F)cccc1F. The molecular formula is C12H15F2NOS. The monoisotopic (exact) mass is 259 g/mol. The van der Waals surface area contributed by atoms with E-state index in [0.717, 1.165) is 12.1 Å². The van der Waals surface area contributed by atoms with Gasteiger partial charge in [0.1, 0.15) is 22.6 Å². The zero-order valence-corrected chi connectivity index (χ0v) is 11.1. The number of nitrogens with zero attached hydrogens (tertiary/aromatic N) is 1. The number of rotatable bonds is 2. The van der Waals surface area contributed by atoms with Crippen LogP contribution in [0.5, 0.6) is 0 Å². The summed E-state index contributed by atoms with van der Waals surface area (Å²) in [6.07, 6.45) is 0. The number of hydrogen-bond donors (Lipinski definition) is 0. The van der Waals surface area contributed by atoms with Gasteiger partial charge in [0.15, 0.2) is 0 Å². The summed E-state index contributed by atoms with van der Waals surface area (Å²) in [4.78, 5) is 0. The molecule has 5 heteroatoms. The quantitative estimate of drug-likeness (QED) is 0.750. The summed E-state index contributed by atoms with van der Waals surface area (Å²) >= 11 is 0. The normalized spacial score (nSPS) is 14.8. The molecule has 2 nitrogen and oxygen atoms in total. The molecule has 0 fully saturated rings. The van der Waals surface area contributed by atoms with Gasteiger partial charge in [-0.1, -0.05) is 6.07 Å². The van der Waals surface area contributed by atoms with Crippen LogP contribution >= 0.6 is 0 Å². The zero-order chi connectivity index (χ0) is 13.2. The highest BCUT2D eigenvalue weighted by molar-refractivity contribution is 7.85. The second-order valence-electron chi connectivity index (χ2n) is 4.63. The summed E-state index contributed by atoms with van der Waals surface area (Å²) in [5.74, 6) is -1.39. The van der Waals surface area contributed by atoms with Crippen LogP contribution in [0.1, 0.15) is 33.3 Å². The van der Waals surface area contributed by atoms with Crippen LogP contribution in [-0.2, 0) is 11.0 Å². The van der Waals surface area contributed by atoms with Crippen LogP contribution in [0.2, 0.25) is 0 Å². The van der Waals surface area contributed by atoms with Crippen molar-refractivity contribution in [1.82, 2.24) is 0 Å². The molecule has 0 spiro atoms. The molecule has 17 heavy (non-hydrogen) atoms. The van der Waals surface area contributed by atoms with Crippen molar-refractivity contribution in [3.8, 4) is 0 Å². The number of halogens is 2. The van der Waals surface area contributed by atoms with Gasteiger partial charge < -0.3 is 0 Å². The fourth-order valence-corrected chi connectivity index (χ4v) is 1.76. The van der Waals surface area contributed by atoms with Crippen LogP contribution in [0.4, 0.5) is 8.78 Å². The summed E-state index contributed by atoms with van der Waals surface area (Å²) < 4.78 is 41.9. The van der Waals surface area contributed by atoms with Crippen molar-refractivity contribution in [2.45, 2.75) is 32.4 Å². The second-order valence-corrected chi connectivity index (χ2v) is 6.54. The first-order valence-electron chi connectivity index (χ1n) is 5.15. The van der Waals surface area contributed by atoms with E-state index in [1.54, 1.807) is 20.8 Å². The van der Waals surface area contributed by atoms with E-state index in [0.29, 0.717) is 0 Å². The Labute approximate surface area is 102 Å². The minimum Gasteiger partial charge on any atom is -0.234 e. The zero-order valence-electron chi connectivity index (χ0n) is 10.3. The predicted molar refractivity (Wildman–Crippen MR) is 66.5 cm³/mol. The first kappa shape index (κ1) is 14.0. The molecule has 94 valence electrons. The molecule has 0 saturated carbocycles. The predicted octanol–water partition coefficient (Wildman–Crippen LogP) is 3.24. The van der Waals surface area contributed by atoms with Gasteiger partial charge in [-0.2, -0.15) is 4.40 Å². The highest BCUT2D eigenvalue weighted by Gasteiger charge is 2.20.